The molecule has 1 aromatic carbocycles. The summed E-state index contributed by atoms with van der Waals surface area (Å²) < 4.78 is 27.0. The minimum Gasteiger partial charge on any atom is -0.345 e. The number of pyridine rings is 1. The Hall–Kier alpha value is -3.07. The number of hydrogen-bond acceptors (Lipinski definition) is 6. The van der Waals surface area contributed by atoms with Crippen molar-refractivity contribution in [2.24, 2.45) is 0 Å². The molecule has 4 rings (SSSR count). The first-order chi connectivity index (χ1) is 12.9. The van der Waals surface area contributed by atoms with Crippen molar-refractivity contribution < 1.29 is 13.3 Å². The zero-order valence-electron chi connectivity index (χ0n) is 14.4. The van der Waals surface area contributed by atoms with E-state index >= 15 is 0 Å². The van der Waals surface area contributed by atoms with E-state index in [-0.39, 0.29) is 11.3 Å². The van der Waals surface area contributed by atoms with Crippen LogP contribution in [0.4, 0.5) is 0 Å². The largest absolute Gasteiger partial charge is 0.347 e. The number of hydrogen-bond donors (Lipinski definition) is 1. The number of aromatic amines is 1. The van der Waals surface area contributed by atoms with Crippen molar-refractivity contribution in [3.8, 4) is 0 Å². The van der Waals surface area contributed by atoms with Crippen LogP contribution in [-0.2, 0) is 22.7 Å². The summed E-state index contributed by atoms with van der Waals surface area (Å²) in [6.07, 6.45) is 5.88. The number of nitro groups is 1. The van der Waals surface area contributed by atoms with Crippen molar-refractivity contribution in [2.45, 2.75) is 29.5 Å². The second-order valence-electron chi connectivity index (χ2n) is 6.37. The van der Waals surface area contributed by atoms with Gasteiger partial charge >= 0.3 is 4.87 Å². The predicted octanol–water partition coefficient (Wildman–Crippen LogP) is 2.54. The van der Waals surface area contributed by atoms with Gasteiger partial charge in [0.1, 0.15) is 5.82 Å². The molecule has 9 heteroatoms. The number of aromatic nitrogens is 3. The van der Waals surface area contributed by atoms with Crippen molar-refractivity contribution in [2.75, 3.05) is 0 Å². The molecule has 0 spiro atoms. The highest BCUT2D eigenvalue weighted by molar-refractivity contribution is 7.93. The molecule has 0 saturated heterocycles. The van der Waals surface area contributed by atoms with E-state index in [4.69, 9.17) is 0 Å². The number of aryl methyl sites for hydroxylation is 1. The molecule has 0 saturated carbocycles. The molecule has 0 aliphatic heterocycles. The van der Waals surface area contributed by atoms with Gasteiger partial charge in [-0.05, 0) is 18.2 Å². The Morgan fingerprint density at radius 2 is 2.15 bits per heavy atom. The van der Waals surface area contributed by atoms with Crippen LogP contribution in [0.1, 0.15) is 24.1 Å². The smallest absolute Gasteiger partial charge is 0.345 e. The lowest BCUT2D eigenvalue weighted by atomic mass is 10.0. The molecule has 0 radical (unpaired) electrons. The maximum Gasteiger partial charge on any atom is 0.347 e. The molecule has 2 heterocycles. The van der Waals surface area contributed by atoms with Crippen LogP contribution in [-0.4, -0.2) is 33.2 Å². The third-order valence-corrected chi connectivity index (χ3v) is 7.13. The molecule has 2 aromatic heterocycles. The SMILES string of the molecule is CCc1nc2c([nH]1)CC([N+](=O)[O-])(S(=O)(=O)c1cccc3cnccc13)C=C2. The lowest BCUT2D eigenvalue weighted by Crippen LogP contribution is -2.47. The highest BCUT2D eigenvalue weighted by Gasteiger charge is 2.57. The van der Waals surface area contributed by atoms with E-state index < -0.39 is 19.6 Å². The van der Waals surface area contributed by atoms with E-state index in [1.807, 2.05) is 6.92 Å². The van der Waals surface area contributed by atoms with Crippen LogP contribution < -0.4 is 0 Å². The molecule has 1 atom stereocenters. The lowest BCUT2D eigenvalue weighted by molar-refractivity contribution is -0.526. The molecule has 1 unspecified atom stereocenters. The van der Waals surface area contributed by atoms with Crippen LogP contribution in [0, 0.1) is 10.1 Å². The normalized spacial score (nSPS) is 19.1. The van der Waals surface area contributed by atoms with Crippen LogP contribution in [0.3, 0.4) is 0 Å². The number of sulfone groups is 1. The summed E-state index contributed by atoms with van der Waals surface area (Å²) in [5, 5.41) is 13.1. The molecule has 1 aliphatic rings. The quantitative estimate of drug-likeness (QED) is 0.545. The molecular weight excluding hydrogens is 368 g/mol. The van der Waals surface area contributed by atoms with E-state index in [1.54, 1.807) is 18.2 Å². The van der Waals surface area contributed by atoms with E-state index in [9.17, 15) is 18.5 Å². The van der Waals surface area contributed by atoms with Gasteiger partial charge in [0.15, 0.2) is 0 Å². The number of fused-ring (bicyclic) bond motifs is 2. The molecule has 0 fully saturated rings. The summed E-state index contributed by atoms with van der Waals surface area (Å²) >= 11 is 0. The number of imidazole rings is 1. The standard InChI is InChI=1S/C18H16N4O4S/c1-2-17-20-14-6-8-18(22(23)24,10-15(14)21-17)27(25,26)16-5-3-4-12-11-19-9-7-13(12)16/h3-9,11H,2,10H2,1H3,(H,20,21). The Labute approximate surface area is 155 Å². The number of nitrogens with one attached hydrogen (secondary N) is 1. The fourth-order valence-electron chi connectivity index (χ4n) is 3.37. The van der Waals surface area contributed by atoms with E-state index in [1.165, 1.54) is 24.5 Å². The molecule has 0 bridgehead atoms. The average Bonchev–Trinajstić information content (AvgIpc) is 3.09. The molecule has 8 nitrogen and oxygen atoms in total. The summed E-state index contributed by atoms with van der Waals surface area (Å²) in [5.41, 5.74) is 0.998. The molecular formula is C18H16N4O4S. The van der Waals surface area contributed by atoms with Crippen LogP contribution in [0.2, 0.25) is 0 Å². The number of H-pyrrole nitrogens is 1. The number of nitrogens with zero attached hydrogens (tertiary/aromatic N) is 3. The number of benzene rings is 1. The van der Waals surface area contributed by atoms with Gasteiger partial charge in [-0.3, -0.25) is 15.1 Å². The van der Waals surface area contributed by atoms with E-state index in [2.05, 4.69) is 15.0 Å². The highest BCUT2D eigenvalue weighted by Crippen LogP contribution is 2.38. The Bertz CT molecular complexity index is 1190. The monoisotopic (exact) mass is 384 g/mol. The maximum absolute atomic E-state index is 13.5. The van der Waals surface area contributed by atoms with Crippen molar-refractivity contribution in [1.29, 1.82) is 0 Å². The first-order valence-corrected chi connectivity index (χ1v) is 9.86. The first kappa shape index (κ1) is 17.3. The van der Waals surface area contributed by atoms with Gasteiger partial charge in [0.05, 0.1) is 22.7 Å². The van der Waals surface area contributed by atoms with Gasteiger partial charge in [-0.25, -0.2) is 13.4 Å². The Morgan fingerprint density at radius 1 is 1.33 bits per heavy atom. The minimum absolute atomic E-state index is 0.0811. The van der Waals surface area contributed by atoms with Crippen LogP contribution in [0.15, 0.2) is 47.6 Å². The van der Waals surface area contributed by atoms with E-state index in [0.29, 0.717) is 34.4 Å². The van der Waals surface area contributed by atoms with Gasteiger partial charge in [0.2, 0.25) is 0 Å². The summed E-state index contributed by atoms with van der Waals surface area (Å²) in [5.74, 6) is 0.664. The van der Waals surface area contributed by atoms with Gasteiger partial charge in [0, 0.05) is 40.6 Å². The van der Waals surface area contributed by atoms with Crippen LogP contribution >= 0.6 is 0 Å². The lowest BCUT2D eigenvalue weighted by Gasteiger charge is -2.25. The molecule has 138 valence electrons. The van der Waals surface area contributed by atoms with E-state index in [0.717, 1.165) is 6.08 Å². The summed E-state index contributed by atoms with van der Waals surface area (Å²) in [6, 6.07) is 6.24. The topological polar surface area (TPSA) is 119 Å². The maximum atomic E-state index is 13.5. The molecule has 3 aromatic rings. The van der Waals surface area contributed by atoms with Gasteiger partial charge in [-0.2, -0.15) is 0 Å². The minimum atomic E-state index is -4.35. The van der Waals surface area contributed by atoms with Gasteiger partial charge in [-0.15, -0.1) is 0 Å². The van der Waals surface area contributed by atoms with Crippen LogP contribution in [0.25, 0.3) is 16.8 Å². The van der Waals surface area contributed by atoms with Gasteiger partial charge in [0.25, 0.3) is 9.84 Å². The molecule has 0 amide bonds. The van der Waals surface area contributed by atoms with Crippen molar-refractivity contribution >= 4 is 26.7 Å². The Morgan fingerprint density at radius 3 is 2.89 bits per heavy atom. The summed E-state index contributed by atoms with van der Waals surface area (Å²) in [6.45, 7) is 1.90. The fraction of sp³-hybridized carbons (Fsp3) is 0.222. The molecule has 1 N–H and O–H groups in total. The number of rotatable bonds is 4. The van der Waals surface area contributed by atoms with Gasteiger partial charge in [-0.1, -0.05) is 19.1 Å². The van der Waals surface area contributed by atoms with Crippen LogP contribution in [0.5, 0.6) is 0 Å². The predicted molar refractivity (Wildman–Crippen MR) is 99.4 cm³/mol. The van der Waals surface area contributed by atoms with Crippen molar-refractivity contribution in [3.05, 3.63) is 70.1 Å². The second-order valence-corrected chi connectivity index (χ2v) is 8.52. The summed E-state index contributed by atoms with van der Waals surface area (Å²) in [7, 11) is -4.35. The molecule has 1 aliphatic carbocycles. The van der Waals surface area contributed by atoms with Crippen molar-refractivity contribution in [1.82, 2.24) is 15.0 Å². The van der Waals surface area contributed by atoms with Crippen molar-refractivity contribution in [3.63, 3.8) is 0 Å². The third kappa shape index (κ3) is 2.46. The fourth-order valence-corrected chi connectivity index (χ4v) is 5.26. The Balaban J connectivity index is 1.93. The zero-order chi connectivity index (χ0) is 19.2. The summed E-state index contributed by atoms with van der Waals surface area (Å²) in [4.78, 5) is 20.3. The van der Waals surface area contributed by atoms with Gasteiger partial charge < -0.3 is 4.98 Å². The highest BCUT2D eigenvalue weighted by atomic mass is 32.2. The Kier molecular flexibility index (Phi) is 3.84. The first-order valence-electron chi connectivity index (χ1n) is 8.38. The third-order valence-electron chi connectivity index (χ3n) is 4.83. The second kappa shape index (κ2) is 5.98. The average molecular weight is 384 g/mol. The zero-order valence-corrected chi connectivity index (χ0v) is 15.2. The molecule has 27 heavy (non-hydrogen) atoms.